The minimum Gasteiger partial charge on any atom is -0.400 e. The van der Waals surface area contributed by atoms with E-state index in [4.69, 9.17) is 17.7 Å². The van der Waals surface area contributed by atoms with Crippen LogP contribution in [0.2, 0.25) is 13.1 Å². The maximum Gasteiger partial charge on any atom is 0.349 e. The standard InChI is InChI=1S/C12H27NO2Si.C3H10O2Si/c1-4-14-16(3,15-5-2)11-13-12-9-7-6-8-10-12;1-4-6(3)5-2/h12-13H,4-11H2,1-3H3;6H,1-3H3. The maximum atomic E-state index is 5.82. The first kappa shape index (κ1) is 22.2. The van der Waals surface area contributed by atoms with Crippen molar-refractivity contribution < 1.29 is 17.7 Å². The van der Waals surface area contributed by atoms with Crippen LogP contribution in [0.25, 0.3) is 0 Å². The zero-order chi connectivity index (χ0) is 16.8. The van der Waals surface area contributed by atoms with Crippen LogP contribution in [0.4, 0.5) is 0 Å². The topological polar surface area (TPSA) is 49.0 Å². The van der Waals surface area contributed by atoms with E-state index in [9.17, 15) is 0 Å². The van der Waals surface area contributed by atoms with Gasteiger partial charge in [0.15, 0.2) is 0 Å². The smallest absolute Gasteiger partial charge is 0.349 e. The van der Waals surface area contributed by atoms with Crippen LogP contribution in [-0.2, 0) is 17.7 Å². The van der Waals surface area contributed by atoms with Crippen molar-refractivity contribution in [1.29, 1.82) is 0 Å². The van der Waals surface area contributed by atoms with Crippen LogP contribution in [0.1, 0.15) is 46.0 Å². The monoisotopic (exact) mass is 351 g/mol. The van der Waals surface area contributed by atoms with Gasteiger partial charge in [0.2, 0.25) is 0 Å². The normalized spacial score (nSPS) is 16.5. The van der Waals surface area contributed by atoms with Crippen molar-refractivity contribution in [3.63, 3.8) is 0 Å². The van der Waals surface area contributed by atoms with Crippen LogP contribution in [0.3, 0.4) is 0 Å². The highest BCUT2D eigenvalue weighted by molar-refractivity contribution is 6.66. The summed E-state index contributed by atoms with van der Waals surface area (Å²) in [6, 6.07) is 0.696. The molecule has 0 radical (unpaired) electrons. The third-order valence-electron chi connectivity index (χ3n) is 3.88. The largest absolute Gasteiger partial charge is 0.400 e. The summed E-state index contributed by atoms with van der Waals surface area (Å²) < 4.78 is 21.3. The number of hydrogen-bond donors (Lipinski definition) is 1. The van der Waals surface area contributed by atoms with Gasteiger partial charge in [0.25, 0.3) is 0 Å². The minimum absolute atomic E-state index is 0.696. The van der Waals surface area contributed by atoms with Crippen molar-refractivity contribution in [3.05, 3.63) is 0 Å². The Morgan fingerprint density at radius 3 is 1.86 bits per heavy atom. The first-order valence-corrected chi connectivity index (χ1v) is 13.2. The van der Waals surface area contributed by atoms with Gasteiger partial charge in [-0.3, -0.25) is 0 Å². The van der Waals surface area contributed by atoms with Gasteiger partial charge in [-0.1, -0.05) is 19.3 Å². The van der Waals surface area contributed by atoms with Crippen LogP contribution in [0.15, 0.2) is 0 Å². The zero-order valence-electron chi connectivity index (χ0n) is 15.4. The van der Waals surface area contributed by atoms with Crippen LogP contribution >= 0.6 is 0 Å². The Balaban J connectivity index is 0.000000626. The Labute approximate surface area is 140 Å². The molecule has 0 aromatic carbocycles. The second-order valence-corrected chi connectivity index (χ2v) is 11.0. The molecule has 134 valence electrons. The van der Waals surface area contributed by atoms with Gasteiger partial charge >= 0.3 is 17.8 Å². The molecule has 1 rings (SSSR count). The predicted octanol–water partition coefficient (Wildman–Crippen LogP) is 2.72. The lowest BCUT2D eigenvalue weighted by Gasteiger charge is -2.30. The van der Waals surface area contributed by atoms with Crippen molar-refractivity contribution >= 4 is 17.8 Å². The van der Waals surface area contributed by atoms with Gasteiger partial charge in [-0.25, -0.2) is 0 Å². The molecule has 1 aliphatic rings. The molecular formula is C15H37NO4Si2. The molecule has 0 saturated heterocycles. The average molecular weight is 352 g/mol. The van der Waals surface area contributed by atoms with Gasteiger partial charge in [-0.15, -0.1) is 0 Å². The summed E-state index contributed by atoms with van der Waals surface area (Å²) in [6.45, 7) is 9.75. The van der Waals surface area contributed by atoms with Gasteiger partial charge in [0.05, 0.1) is 0 Å². The van der Waals surface area contributed by atoms with Crippen LogP contribution < -0.4 is 5.32 Å². The van der Waals surface area contributed by atoms with E-state index in [2.05, 4.69) is 11.9 Å². The van der Waals surface area contributed by atoms with E-state index in [0.717, 1.165) is 19.4 Å². The Morgan fingerprint density at radius 2 is 1.50 bits per heavy atom. The highest BCUT2D eigenvalue weighted by atomic mass is 28.4. The first-order valence-electron chi connectivity index (χ1n) is 8.58. The van der Waals surface area contributed by atoms with Crippen molar-refractivity contribution in [2.45, 2.75) is 65.1 Å². The summed E-state index contributed by atoms with van der Waals surface area (Å²) in [6.07, 6.45) is 7.73. The Kier molecular flexibility index (Phi) is 13.8. The first-order chi connectivity index (χ1) is 10.5. The van der Waals surface area contributed by atoms with Crippen LogP contribution in [0, 0.1) is 0 Å². The highest BCUT2D eigenvalue weighted by Crippen LogP contribution is 2.18. The summed E-state index contributed by atoms with van der Waals surface area (Å²) >= 11 is 0. The molecule has 0 bridgehead atoms. The fourth-order valence-electron chi connectivity index (χ4n) is 2.49. The number of rotatable bonds is 9. The average Bonchev–Trinajstić information content (AvgIpc) is 2.54. The van der Waals surface area contributed by atoms with Crippen molar-refractivity contribution in [3.8, 4) is 0 Å². The van der Waals surface area contributed by atoms with Gasteiger partial charge < -0.3 is 23.0 Å². The molecule has 1 fully saturated rings. The molecular weight excluding hydrogens is 314 g/mol. The molecule has 5 nitrogen and oxygen atoms in total. The summed E-state index contributed by atoms with van der Waals surface area (Å²) in [5, 5.41) is 3.64. The fourth-order valence-corrected chi connectivity index (χ4v) is 4.85. The predicted molar refractivity (Wildman–Crippen MR) is 96.8 cm³/mol. The van der Waals surface area contributed by atoms with Crippen molar-refractivity contribution in [2.24, 2.45) is 0 Å². The van der Waals surface area contributed by atoms with Gasteiger partial charge in [-0.05, 0) is 39.8 Å². The summed E-state index contributed by atoms with van der Waals surface area (Å²) in [5.41, 5.74) is 0. The molecule has 0 spiro atoms. The van der Waals surface area contributed by atoms with Crippen molar-refractivity contribution in [2.75, 3.05) is 33.6 Å². The SMILES string of the molecule is CCO[Si](C)(CNC1CCCCC1)OCC.CO[SiH](C)OC. The van der Waals surface area contributed by atoms with E-state index in [1.165, 1.54) is 32.1 Å². The van der Waals surface area contributed by atoms with Crippen molar-refractivity contribution in [1.82, 2.24) is 5.32 Å². The lowest BCUT2D eigenvalue weighted by Crippen LogP contribution is -2.51. The molecule has 0 aliphatic heterocycles. The zero-order valence-corrected chi connectivity index (χ0v) is 17.6. The van der Waals surface area contributed by atoms with E-state index in [1.54, 1.807) is 14.2 Å². The summed E-state index contributed by atoms with van der Waals surface area (Å²) in [5.74, 6) is 0. The highest BCUT2D eigenvalue weighted by Gasteiger charge is 2.31. The summed E-state index contributed by atoms with van der Waals surface area (Å²) in [7, 11) is 0.229. The van der Waals surface area contributed by atoms with E-state index in [-0.39, 0.29) is 0 Å². The van der Waals surface area contributed by atoms with Crippen LogP contribution in [-0.4, -0.2) is 57.5 Å². The molecule has 0 amide bonds. The molecule has 0 heterocycles. The third-order valence-corrected chi connectivity index (χ3v) is 7.85. The molecule has 0 atom stereocenters. The van der Waals surface area contributed by atoms with E-state index >= 15 is 0 Å². The summed E-state index contributed by atoms with van der Waals surface area (Å²) in [4.78, 5) is 0. The lowest BCUT2D eigenvalue weighted by molar-refractivity contribution is 0.184. The molecule has 0 aromatic rings. The van der Waals surface area contributed by atoms with Gasteiger partial charge in [-0.2, -0.15) is 0 Å². The molecule has 1 N–H and O–H groups in total. The second kappa shape index (κ2) is 13.7. The maximum absolute atomic E-state index is 5.82. The molecule has 0 unspecified atom stereocenters. The second-order valence-electron chi connectivity index (χ2n) is 5.75. The Hall–Kier alpha value is 0.234. The van der Waals surface area contributed by atoms with E-state index in [0.29, 0.717) is 6.04 Å². The third kappa shape index (κ3) is 10.9. The van der Waals surface area contributed by atoms with E-state index in [1.807, 2.05) is 20.4 Å². The molecule has 7 heteroatoms. The fraction of sp³-hybridized carbons (Fsp3) is 1.00. The van der Waals surface area contributed by atoms with E-state index < -0.39 is 17.8 Å². The molecule has 1 aliphatic carbocycles. The quantitative estimate of drug-likeness (QED) is 0.647. The van der Waals surface area contributed by atoms with Gasteiger partial charge in [0.1, 0.15) is 0 Å². The molecule has 1 saturated carbocycles. The lowest BCUT2D eigenvalue weighted by atomic mass is 9.96. The minimum atomic E-state index is -1.94. The number of nitrogens with one attached hydrogen (secondary N) is 1. The van der Waals surface area contributed by atoms with Gasteiger partial charge in [0, 0.05) is 39.6 Å². The Morgan fingerprint density at radius 1 is 1.00 bits per heavy atom. The van der Waals surface area contributed by atoms with Crippen LogP contribution in [0.5, 0.6) is 0 Å². The number of hydrogen-bond acceptors (Lipinski definition) is 5. The molecule has 0 aromatic heterocycles. The molecule has 22 heavy (non-hydrogen) atoms. The Bertz CT molecular complexity index is 244.